The van der Waals surface area contributed by atoms with Crippen molar-refractivity contribution in [1.82, 2.24) is 20.5 Å². The van der Waals surface area contributed by atoms with Crippen molar-refractivity contribution in [2.45, 2.75) is 13.0 Å². The van der Waals surface area contributed by atoms with Gasteiger partial charge < -0.3 is 5.32 Å². The molecule has 0 radical (unpaired) electrons. The van der Waals surface area contributed by atoms with E-state index in [2.05, 4.69) is 26.6 Å². The zero-order valence-electron chi connectivity index (χ0n) is 13.4. The molecule has 0 fully saturated rings. The molecule has 5 nitrogen and oxygen atoms in total. The number of carbonyl (C=O) groups is 1. The first kappa shape index (κ1) is 15.5. The third-order valence-corrected chi connectivity index (χ3v) is 4.93. The second kappa shape index (κ2) is 6.86. The first-order chi connectivity index (χ1) is 12.3. The molecule has 0 aliphatic heterocycles. The van der Waals surface area contributed by atoms with E-state index < -0.39 is 0 Å². The highest BCUT2D eigenvalue weighted by Crippen LogP contribution is 2.28. The zero-order valence-corrected chi connectivity index (χ0v) is 14.2. The van der Waals surface area contributed by atoms with Gasteiger partial charge in [0.05, 0.1) is 22.8 Å². The van der Waals surface area contributed by atoms with Crippen molar-refractivity contribution in [3.63, 3.8) is 0 Å². The van der Waals surface area contributed by atoms with Crippen molar-refractivity contribution in [2.75, 3.05) is 0 Å². The van der Waals surface area contributed by atoms with Crippen LogP contribution in [0.3, 0.4) is 0 Å². The molecule has 1 amide bonds. The van der Waals surface area contributed by atoms with E-state index in [-0.39, 0.29) is 5.91 Å². The maximum absolute atomic E-state index is 12.2. The summed E-state index contributed by atoms with van der Waals surface area (Å²) in [6, 6.07) is 16.0. The summed E-state index contributed by atoms with van der Waals surface area (Å²) in [5.74, 6) is -0.0158. The van der Waals surface area contributed by atoms with Crippen molar-refractivity contribution in [3.8, 4) is 11.1 Å². The minimum Gasteiger partial charge on any atom is -0.352 e. The molecule has 0 atom stereocenters. The Kier molecular flexibility index (Phi) is 4.26. The molecule has 0 aliphatic carbocycles. The molecule has 6 heteroatoms. The second-order valence-electron chi connectivity index (χ2n) is 5.72. The molecule has 4 rings (SSSR count). The van der Waals surface area contributed by atoms with Gasteiger partial charge in [0, 0.05) is 18.3 Å². The lowest BCUT2D eigenvalue weighted by Crippen LogP contribution is -2.24. The molecular weight excluding hydrogens is 332 g/mol. The Morgan fingerprint density at radius 1 is 1.12 bits per heavy atom. The molecule has 0 unspecified atom stereocenters. The van der Waals surface area contributed by atoms with Crippen molar-refractivity contribution in [2.24, 2.45) is 0 Å². The minimum atomic E-state index is -0.0158. The molecule has 25 heavy (non-hydrogen) atoms. The third kappa shape index (κ3) is 3.59. The van der Waals surface area contributed by atoms with E-state index in [0.717, 1.165) is 31.9 Å². The Hall–Kier alpha value is -2.99. The summed E-state index contributed by atoms with van der Waals surface area (Å²) in [4.78, 5) is 16.7. The van der Waals surface area contributed by atoms with Gasteiger partial charge in [-0.2, -0.15) is 5.10 Å². The third-order valence-electron chi connectivity index (χ3n) is 3.91. The number of fused-ring (bicyclic) bond motifs is 1. The molecule has 2 N–H and O–H groups in total. The molecule has 124 valence electrons. The van der Waals surface area contributed by atoms with Gasteiger partial charge in [0.25, 0.3) is 0 Å². The lowest BCUT2D eigenvalue weighted by Gasteiger charge is -2.03. The molecular formula is C19H16N4OS. The smallest absolute Gasteiger partial charge is 0.227 e. The number of aromatic nitrogens is 3. The largest absolute Gasteiger partial charge is 0.352 e. The van der Waals surface area contributed by atoms with Crippen LogP contribution in [0.4, 0.5) is 0 Å². The van der Waals surface area contributed by atoms with E-state index >= 15 is 0 Å². The van der Waals surface area contributed by atoms with Crippen LogP contribution in [0.25, 0.3) is 21.3 Å². The van der Waals surface area contributed by atoms with Crippen LogP contribution in [-0.4, -0.2) is 21.1 Å². The van der Waals surface area contributed by atoms with E-state index in [9.17, 15) is 4.79 Å². The van der Waals surface area contributed by atoms with Crippen LogP contribution in [0, 0.1) is 0 Å². The number of benzene rings is 2. The lowest BCUT2D eigenvalue weighted by molar-refractivity contribution is -0.120. The highest BCUT2D eigenvalue weighted by Gasteiger charge is 2.10. The highest BCUT2D eigenvalue weighted by molar-refractivity contribution is 7.18. The quantitative estimate of drug-likeness (QED) is 0.579. The van der Waals surface area contributed by atoms with Gasteiger partial charge >= 0.3 is 0 Å². The molecule has 2 aromatic carbocycles. The molecule has 2 aromatic heterocycles. The number of amides is 1. The number of nitrogens with zero attached hydrogens (tertiary/aromatic N) is 2. The number of carbonyl (C=O) groups excluding carboxylic acids is 1. The van der Waals surface area contributed by atoms with Crippen molar-refractivity contribution < 1.29 is 4.79 Å². The Morgan fingerprint density at radius 2 is 2.00 bits per heavy atom. The summed E-state index contributed by atoms with van der Waals surface area (Å²) in [6.07, 6.45) is 3.95. The standard InChI is InChI=1S/C19H16N4OS/c24-18(20-10-13-4-2-1-3-5-13)9-19-23-16-7-6-14(8-17(16)25-19)15-11-21-22-12-15/h1-8,11-12H,9-10H2,(H,20,24)(H,21,22). The normalized spacial score (nSPS) is 10.9. The molecule has 2 heterocycles. The van der Waals surface area contributed by atoms with E-state index in [0.29, 0.717) is 13.0 Å². The summed E-state index contributed by atoms with van der Waals surface area (Å²) in [6.45, 7) is 0.537. The Labute approximate surface area is 148 Å². The SMILES string of the molecule is O=C(Cc1nc2ccc(-c3cn[nH]c3)cc2s1)NCc1ccccc1. The first-order valence-corrected chi connectivity index (χ1v) is 8.79. The van der Waals surface area contributed by atoms with E-state index in [1.807, 2.05) is 48.7 Å². The van der Waals surface area contributed by atoms with Crippen LogP contribution in [0.15, 0.2) is 60.9 Å². The van der Waals surface area contributed by atoms with Gasteiger partial charge in [0.2, 0.25) is 5.91 Å². The Bertz CT molecular complexity index is 993. The van der Waals surface area contributed by atoms with Crippen LogP contribution < -0.4 is 5.32 Å². The van der Waals surface area contributed by atoms with E-state index in [4.69, 9.17) is 0 Å². The summed E-state index contributed by atoms with van der Waals surface area (Å²) in [7, 11) is 0. The van der Waals surface area contributed by atoms with Crippen molar-refractivity contribution in [3.05, 3.63) is 71.5 Å². The van der Waals surface area contributed by atoms with Gasteiger partial charge in [-0.25, -0.2) is 4.98 Å². The van der Waals surface area contributed by atoms with Gasteiger partial charge in [-0.05, 0) is 23.3 Å². The number of aromatic amines is 1. The van der Waals surface area contributed by atoms with Crippen LogP contribution in [0.5, 0.6) is 0 Å². The van der Waals surface area contributed by atoms with Crippen LogP contribution in [-0.2, 0) is 17.8 Å². The van der Waals surface area contributed by atoms with E-state index in [1.54, 1.807) is 17.5 Å². The van der Waals surface area contributed by atoms with Crippen LogP contribution in [0.1, 0.15) is 10.6 Å². The number of rotatable bonds is 5. The number of nitrogens with one attached hydrogen (secondary N) is 2. The predicted molar refractivity (Wildman–Crippen MR) is 99.2 cm³/mol. The molecule has 0 aliphatic rings. The number of hydrogen-bond donors (Lipinski definition) is 2. The van der Waals surface area contributed by atoms with Gasteiger partial charge in [-0.3, -0.25) is 9.89 Å². The van der Waals surface area contributed by atoms with Crippen LogP contribution >= 0.6 is 11.3 Å². The molecule has 0 saturated carbocycles. The van der Waals surface area contributed by atoms with Crippen molar-refractivity contribution >= 4 is 27.5 Å². The monoisotopic (exact) mass is 348 g/mol. The fourth-order valence-corrected chi connectivity index (χ4v) is 3.64. The zero-order chi connectivity index (χ0) is 17.1. The van der Waals surface area contributed by atoms with Gasteiger partial charge in [0.1, 0.15) is 5.01 Å². The van der Waals surface area contributed by atoms with Gasteiger partial charge in [-0.1, -0.05) is 36.4 Å². The average Bonchev–Trinajstić information content (AvgIpc) is 3.29. The van der Waals surface area contributed by atoms with Gasteiger partial charge in [-0.15, -0.1) is 11.3 Å². The molecule has 4 aromatic rings. The Balaban J connectivity index is 1.45. The fourth-order valence-electron chi connectivity index (χ4n) is 2.63. The minimum absolute atomic E-state index is 0.0158. The fraction of sp³-hybridized carbons (Fsp3) is 0.105. The number of H-pyrrole nitrogens is 1. The van der Waals surface area contributed by atoms with Gasteiger partial charge in [0.15, 0.2) is 0 Å². The van der Waals surface area contributed by atoms with Crippen LogP contribution in [0.2, 0.25) is 0 Å². The van der Waals surface area contributed by atoms with E-state index in [1.165, 1.54) is 0 Å². The molecule has 0 saturated heterocycles. The highest BCUT2D eigenvalue weighted by atomic mass is 32.1. The summed E-state index contributed by atoms with van der Waals surface area (Å²) < 4.78 is 1.07. The Morgan fingerprint density at radius 3 is 2.80 bits per heavy atom. The maximum atomic E-state index is 12.2. The summed E-state index contributed by atoms with van der Waals surface area (Å²) in [5, 5.41) is 10.6. The predicted octanol–water partition coefficient (Wildman–Crippen LogP) is 3.55. The first-order valence-electron chi connectivity index (χ1n) is 7.97. The topological polar surface area (TPSA) is 70.7 Å². The molecule has 0 bridgehead atoms. The second-order valence-corrected chi connectivity index (χ2v) is 6.83. The average molecular weight is 348 g/mol. The maximum Gasteiger partial charge on any atom is 0.227 e. The number of hydrogen-bond acceptors (Lipinski definition) is 4. The summed E-state index contributed by atoms with van der Waals surface area (Å²) in [5.41, 5.74) is 4.13. The number of thiazole rings is 1. The van der Waals surface area contributed by atoms with Crippen molar-refractivity contribution in [1.29, 1.82) is 0 Å². The summed E-state index contributed by atoms with van der Waals surface area (Å²) >= 11 is 1.56. The lowest BCUT2D eigenvalue weighted by atomic mass is 10.1. The molecule has 0 spiro atoms.